The number of nitrogens with one attached hydrogen (secondary N) is 1. The van der Waals surface area contributed by atoms with E-state index in [-0.39, 0.29) is 12.5 Å². The summed E-state index contributed by atoms with van der Waals surface area (Å²) in [5.41, 5.74) is 1.78. The molecule has 1 N–H and O–H groups in total. The molecular formula is C19H20N2O4. The zero-order chi connectivity index (χ0) is 17.9. The van der Waals surface area contributed by atoms with Gasteiger partial charge < -0.3 is 14.8 Å². The molecule has 130 valence electrons. The highest BCUT2D eigenvalue weighted by molar-refractivity contribution is 5.91. The van der Waals surface area contributed by atoms with Crippen LogP contribution in [0.5, 0.6) is 5.75 Å². The first-order valence-corrected chi connectivity index (χ1v) is 7.90. The molecule has 0 atom stereocenters. The van der Waals surface area contributed by atoms with E-state index in [1.54, 1.807) is 49.7 Å². The molecule has 0 saturated heterocycles. The third-order valence-electron chi connectivity index (χ3n) is 3.16. The number of benzene rings is 1. The van der Waals surface area contributed by atoms with E-state index in [2.05, 4.69) is 10.3 Å². The summed E-state index contributed by atoms with van der Waals surface area (Å²) in [5, 5.41) is 2.78. The van der Waals surface area contributed by atoms with Crippen molar-refractivity contribution in [1.29, 1.82) is 0 Å². The first-order chi connectivity index (χ1) is 12.2. The van der Waals surface area contributed by atoms with E-state index in [0.717, 1.165) is 11.1 Å². The molecule has 0 fully saturated rings. The van der Waals surface area contributed by atoms with E-state index in [4.69, 9.17) is 9.47 Å². The summed E-state index contributed by atoms with van der Waals surface area (Å²) in [7, 11) is 0. The van der Waals surface area contributed by atoms with Crippen LogP contribution in [0, 0.1) is 0 Å². The number of rotatable bonds is 8. The maximum Gasteiger partial charge on any atom is 0.344 e. The lowest BCUT2D eigenvalue weighted by atomic mass is 10.2. The Balaban J connectivity index is 1.78. The predicted molar refractivity (Wildman–Crippen MR) is 93.7 cm³/mol. The molecule has 6 nitrogen and oxygen atoms in total. The monoisotopic (exact) mass is 340 g/mol. The molecule has 0 spiro atoms. The largest absolute Gasteiger partial charge is 0.482 e. The zero-order valence-electron chi connectivity index (χ0n) is 14.0. The van der Waals surface area contributed by atoms with Gasteiger partial charge >= 0.3 is 5.97 Å². The Morgan fingerprint density at radius 2 is 2.00 bits per heavy atom. The Kier molecular flexibility index (Phi) is 7.18. The Morgan fingerprint density at radius 3 is 2.68 bits per heavy atom. The fourth-order valence-corrected chi connectivity index (χ4v) is 1.94. The number of pyridine rings is 1. The summed E-state index contributed by atoms with van der Waals surface area (Å²) >= 11 is 0. The first-order valence-electron chi connectivity index (χ1n) is 7.90. The van der Waals surface area contributed by atoms with Gasteiger partial charge in [0.15, 0.2) is 6.61 Å². The average Bonchev–Trinajstić information content (AvgIpc) is 2.65. The van der Waals surface area contributed by atoms with Crippen LogP contribution < -0.4 is 10.1 Å². The van der Waals surface area contributed by atoms with Gasteiger partial charge in [-0.15, -0.1) is 0 Å². The lowest BCUT2D eigenvalue weighted by molar-refractivity contribution is -0.145. The molecule has 0 aliphatic heterocycles. The Labute approximate surface area is 146 Å². The first kappa shape index (κ1) is 18.2. The molecule has 0 saturated carbocycles. The van der Waals surface area contributed by atoms with Crippen LogP contribution in [0.2, 0.25) is 0 Å². The van der Waals surface area contributed by atoms with Gasteiger partial charge in [0, 0.05) is 25.0 Å². The van der Waals surface area contributed by atoms with Gasteiger partial charge in [-0.05, 0) is 42.3 Å². The van der Waals surface area contributed by atoms with Crippen LogP contribution in [0.25, 0.3) is 6.08 Å². The molecule has 2 aromatic rings. The minimum Gasteiger partial charge on any atom is -0.482 e. The third kappa shape index (κ3) is 6.87. The number of hydrogen-bond donors (Lipinski definition) is 1. The number of hydrogen-bond acceptors (Lipinski definition) is 5. The molecule has 6 heteroatoms. The molecule has 0 bridgehead atoms. The van der Waals surface area contributed by atoms with Crippen molar-refractivity contribution in [3.05, 3.63) is 66.0 Å². The quantitative estimate of drug-likeness (QED) is 0.589. The van der Waals surface area contributed by atoms with E-state index in [9.17, 15) is 9.59 Å². The van der Waals surface area contributed by atoms with Crippen LogP contribution in [0.15, 0.2) is 54.9 Å². The van der Waals surface area contributed by atoms with Crippen LogP contribution in [-0.4, -0.2) is 30.1 Å². The van der Waals surface area contributed by atoms with Crippen LogP contribution in [0.1, 0.15) is 18.1 Å². The molecule has 0 radical (unpaired) electrons. The Hall–Kier alpha value is -3.15. The number of ether oxygens (including phenoxy) is 2. The molecule has 2 rings (SSSR count). The van der Waals surface area contributed by atoms with Crippen LogP contribution in [-0.2, 0) is 20.9 Å². The average molecular weight is 340 g/mol. The standard InChI is InChI=1S/C19H20N2O4/c1-2-24-19(23)14-25-17-8-5-15(6-9-17)7-10-18(22)21-13-16-4-3-11-20-12-16/h3-12H,2,13-14H2,1H3,(H,21,22)/b10-7+. The minimum atomic E-state index is -0.406. The van der Waals surface area contributed by atoms with Gasteiger partial charge in [-0.3, -0.25) is 9.78 Å². The maximum atomic E-state index is 11.8. The van der Waals surface area contributed by atoms with Gasteiger partial charge in [0.1, 0.15) is 5.75 Å². The number of aromatic nitrogens is 1. The van der Waals surface area contributed by atoms with Gasteiger partial charge in [0.05, 0.1) is 6.61 Å². The van der Waals surface area contributed by atoms with Crippen molar-refractivity contribution in [2.24, 2.45) is 0 Å². The van der Waals surface area contributed by atoms with Crippen molar-refractivity contribution in [3.63, 3.8) is 0 Å². The lowest BCUT2D eigenvalue weighted by Crippen LogP contribution is -2.20. The fraction of sp³-hybridized carbons (Fsp3) is 0.211. The second-order valence-electron chi connectivity index (χ2n) is 5.08. The van der Waals surface area contributed by atoms with E-state index >= 15 is 0 Å². The van der Waals surface area contributed by atoms with Gasteiger partial charge in [-0.25, -0.2) is 4.79 Å². The van der Waals surface area contributed by atoms with E-state index in [0.29, 0.717) is 18.9 Å². The summed E-state index contributed by atoms with van der Waals surface area (Å²) in [6, 6.07) is 10.8. The van der Waals surface area contributed by atoms with Crippen molar-refractivity contribution < 1.29 is 19.1 Å². The van der Waals surface area contributed by atoms with Gasteiger partial charge in [-0.2, -0.15) is 0 Å². The number of nitrogens with zero attached hydrogens (tertiary/aromatic N) is 1. The van der Waals surface area contributed by atoms with Crippen molar-refractivity contribution in [2.45, 2.75) is 13.5 Å². The highest BCUT2D eigenvalue weighted by Gasteiger charge is 2.02. The van der Waals surface area contributed by atoms with Crippen molar-refractivity contribution >= 4 is 18.0 Å². The minimum absolute atomic E-state index is 0.125. The van der Waals surface area contributed by atoms with Crippen molar-refractivity contribution in [1.82, 2.24) is 10.3 Å². The van der Waals surface area contributed by atoms with Gasteiger partial charge in [0.2, 0.25) is 5.91 Å². The second-order valence-corrected chi connectivity index (χ2v) is 5.08. The molecule has 1 heterocycles. The number of carbonyl (C=O) groups is 2. The molecule has 0 unspecified atom stereocenters. The van der Waals surface area contributed by atoms with Crippen LogP contribution >= 0.6 is 0 Å². The Bertz CT molecular complexity index is 712. The summed E-state index contributed by atoms with van der Waals surface area (Å²) in [6.45, 7) is 2.37. The smallest absolute Gasteiger partial charge is 0.344 e. The number of amides is 1. The van der Waals surface area contributed by atoms with Crippen LogP contribution in [0.4, 0.5) is 0 Å². The summed E-state index contributed by atoms with van der Waals surface area (Å²) in [4.78, 5) is 27.0. The molecule has 1 aromatic heterocycles. The molecule has 0 aliphatic carbocycles. The molecule has 1 aromatic carbocycles. The summed E-state index contributed by atoms with van der Waals surface area (Å²) in [6.07, 6.45) is 6.56. The van der Waals surface area contributed by atoms with Gasteiger partial charge in [0.25, 0.3) is 0 Å². The molecule has 0 aliphatic rings. The highest BCUT2D eigenvalue weighted by Crippen LogP contribution is 2.13. The normalized spacial score (nSPS) is 10.4. The van der Waals surface area contributed by atoms with E-state index < -0.39 is 5.97 Å². The summed E-state index contributed by atoms with van der Waals surface area (Å²) < 4.78 is 10.1. The number of carbonyl (C=O) groups excluding carboxylic acids is 2. The molecule has 1 amide bonds. The topological polar surface area (TPSA) is 77.5 Å². The highest BCUT2D eigenvalue weighted by atomic mass is 16.6. The van der Waals surface area contributed by atoms with Gasteiger partial charge in [-0.1, -0.05) is 18.2 Å². The zero-order valence-corrected chi connectivity index (χ0v) is 14.0. The SMILES string of the molecule is CCOC(=O)COc1ccc(/C=C/C(=O)NCc2cccnc2)cc1. The predicted octanol–water partition coefficient (Wildman–Crippen LogP) is 2.35. The van der Waals surface area contributed by atoms with E-state index in [1.165, 1.54) is 6.08 Å². The third-order valence-corrected chi connectivity index (χ3v) is 3.16. The molecular weight excluding hydrogens is 320 g/mol. The Morgan fingerprint density at radius 1 is 1.20 bits per heavy atom. The van der Waals surface area contributed by atoms with Crippen LogP contribution in [0.3, 0.4) is 0 Å². The van der Waals surface area contributed by atoms with E-state index in [1.807, 2.05) is 12.1 Å². The van der Waals surface area contributed by atoms with Crippen molar-refractivity contribution in [2.75, 3.05) is 13.2 Å². The van der Waals surface area contributed by atoms with Crippen molar-refractivity contribution in [3.8, 4) is 5.75 Å². The fourth-order valence-electron chi connectivity index (χ4n) is 1.94. The molecule has 25 heavy (non-hydrogen) atoms. The summed E-state index contributed by atoms with van der Waals surface area (Å²) in [5.74, 6) is -0.0329. The second kappa shape index (κ2) is 9.87. The number of esters is 1. The maximum absolute atomic E-state index is 11.8. The lowest BCUT2D eigenvalue weighted by Gasteiger charge is -2.05.